The first-order chi connectivity index (χ1) is 10.3. The highest BCUT2D eigenvalue weighted by molar-refractivity contribution is 7.70. The summed E-state index contributed by atoms with van der Waals surface area (Å²) in [5.74, 6) is -7.34. The van der Waals surface area contributed by atoms with Crippen LogP contribution in [-0.4, -0.2) is 31.1 Å². The largest absolute Gasteiger partial charge is 0.354 e. The van der Waals surface area contributed by atoms with E-state index in [1.54, 1.807) is 0 Å². The molecule has 0 unspecified atom stereocenters. The summed E-state index contributed by atoms with van der Waals surface area (Å²) in [5, 5.41) is 1.93. The zero-order chi connectivity index (χ0) is 17.7. The van der Waals surface area contributed by atoms with Gasteiger partial charge < -0.3 is 19.6 Å². The molecule has 1 aromatic carbocycles. The Morgan fingerprint density at radius 1 is 0.826 bits per heavy atom. The van der Waals surface area contributed by atoms with Gasteiger partial charge in [-0.05, 0) is 24.0 Å². The van der Waals surface area contributed by atoms with Gasteiger partial charge in [-0.1, -0.05) is 0 Å². The summed E-state index contributed by atoms with van der Waals surface area (Å²) >= 11 is 0. The second-order valence-electron chi connectivity index (χ2n) is 5.04. The molecule has 1 aromatic rings. The van der Waals surface area contributed by atoms with Crippen LogP contribution >= 0.6 is 15.2 Å². The van der Waals surface area contributed by atoms with Crippen LogP contribution in [-0.2, 0) is 22.0 Å². The highest BCUT2D eigenvalue weighted by Gasteiger charge is 2.46. The Labute approximate surface area is 126 Å². The van der Waals surface area contributed by atoms with Crippen LogP contribution in [0.1, 0.15) is 11.1 Å². The molecule has 0 atom stereocenters. The number of hydrogen-bond donors (Lipinski definition) is 5. The van der Waals surface area contributed by atoms with Crippen LogP contribution in [0.15, 0.2) is 0 Å². The van der Waals surface area contributed by atoms with E-state index in [9.17, 15) is 26.7 Å². The molecule has 0 aromatic heterocycles. The molecule has 130 valence electrons. The molecule has 0 heterocycles. The van der Waals surface area contributed by atoms with Crippen LogP contribution in [0.2, 0.25) is 0 Å². The first-order valence-electron chi connectivity index (χ1n) is 6.04. The monoisotopic (exact) mass is 379 g/mol. The minimum Gasteiger partial charge on any atom is -0.323 e. The molecule has 2 rings (SSSR count). The van der Waals surface area contributed by atoms with Crippen molar-refractivity contribution in [3.05, 3.63) is 34.4 Å². The summed E-state index contributed by atoms with van der Waals surface area (Å²) in [6.45, 7) is 0. The van der Waals surface area contributed by atoms with E-state index in [2.05, 4.69) is 0 Å². The molecule has 0 amide bonds. The van der Waals surface area contributed by atoms with Crippen molar-refractivity contribution in [2.45, 2.75) is 24.4 Å². The fourth-order valence-electron chi connectivity index (χ4n) is 2.43. The second kappa shape index (κ2) is 5.93. The molecule has 0 fully saturated rings. The van der Waals surface area contributed by atoms with Gasteiger partial charge in [-0.2, -0.15) is 0 Å². The molecule has 23 heavy (non-hydrogen) atoms. The molecule has 0 spiro atoms. The van der Waals surface area contributed by atoms with Crippen LogP contribution in [0.4, 0.5) is 17.6 Å². The van der Waals surface area contributed by atoms with E-state index in [-0.39, 0.29) is 0 Å². The molecular formula is C10H11F4NO6P2. The molecule has 0 saturated carbocycles. The van der Waals surface area contributed by atoms with Gasteiger partial charge in [-0.25, -0.2) is 17.6 Å². The van der Waals surface area contributed by atoms with Crippen LogP contribution < -0.4 is 5.32 Å². The Balaban J connectivity index is 2.33. The van der Waals surface area contributed by atoms with E-state index in [0.717, 1.165) is 0 Å². The number of benzene rings is 1. The third kappa shape index (κ3) is 3.51. The predicted molar refractivity (Wildman–Crippen MR) is 68.5 cm³/mol. The lowest BCUT2D eigenvalue weighted by Gasteiger charge is -2.24. The second-order valence-corrected chi connectivity index (χ2v) is 8.83. The predicted octanol–water partition coefficient (Wildman–Crippen LogP) is 0.939. The van der Waals surface area contributed by atoms with Crippen LogP contribution in [0.5, 0.6) is 0 Å². The van der Waals surface area contributed by atoms with Gasteiger partial charge in [0, 0.05) is 6.04 Å². The van der Waals surface area contributed by atoms with E-state index in [1.807, 2.05) is 5.32 Å². The van der Waals surface area contributed by atoms with Gasteiger partial charge in [0.05, 0.1) is 0 Å². The van der Waals surface area contributed by atoms with E-state index in [0.29, 0.717) is 0 Å². The lowest BCUT2D eigenvalue weighted by Crippen LogP contribution is -2.38. The van der Waals surface area contributed by atoms with Gasteiger partial charge in [0.1, 0.15) is 0 Å². The third-order valence-electron chi connectivity index (χ3n) is 3.40. The molecule has 0 radical (unpaired) electrons. The topological polar surface area (TPSA) is 127 Å². The van der Waals surface area contributed by atoms with Gasteiger partial charge >= 0.3 is 15.2 Å². The Kier molecular flexibility index (Phi) is 4.78. The third-order valence-corrected chi connectivity index (χ3v) is 6.77. The summed E-state index contributed by atoms with van der Waals surface area (Å²) < 4.78 is 75.8. The lowest BCUT2D eigenvalue weighted by molar-refractivity contribution is 0.320. The van der Waals surface area contributed by atoms with Gasteiger partial charge in [0.15, 0.2) is 23.3 Å². The molecular weight excluding hydrogens is 368 g/mol. The molecule has 13 heteroatoms. The van der Waals surface area contributed by atoms with E-state index >= 15 is 0 Å². The van der Waals surface area contributed by atoms with Crippen molar-refractivity contribution in [3.8, 4) is 0 Å². The molecule has 0 aliphatic heterocycles. The van der Waals surface area contributed by atoms with Crippen molar-refractivity contribution in [3.63, 3.8) is 0 Å². The molecule has 0 saturated heterocycles. The molecule has 0 bridgehead atoms. The van der Waals surface area contributed by atoms with Gasteiger partial charge in [-0.3, -0.25) is 14.4 Å². The summed E-state index contributed by atoms with van der Waals surface area (Å²) in [6, 6.07) is -1.22. The van der Waals surface area contributed by atoms with Crippen molar-refractivity contribution in [2.75, 3.05) is 0 Å². The van der Waals surface area contributed by atoms with Crippen molar-refractivity contribution >= 4 is 15.2 Å². The summed E-state index contributed by atoms with van der Waals surface area (Å²) in [6.07, 6.45) is -1.04. The maximum Gasteiger partial charge on any atom is 0.354 e. The smallest absolute Gasteiger partial charge is 0.323 e. The first kappa shape index (κ1) is 18.5. The summed E-state index contributed by atoms with van der Waals surface area (Å²) in [5.41, 5.74) is -3.68. The van der Waals surface area contributed by atoms with Crippen molar-refractivity contribution in [1.82, 2.24) is 5.32 Å². The number of hydrogen-bond acceptors (Lipinski definition) is 3. The van der Waals surface area contributed by atoms with E-state index in [1.165, 1.54) is 0 Å². The van der Waals surface area contributed by atoms with Crippen molar-refractivity contribution in [2.24, 2.45) is 0 Å². The standard InChI is InChI=1S/C10H11F4NO6P2/c11-6-4-1-3(2-5(4)7(12)9(14)8(6)13)15-10(22(16,17)18)23(19,20)21/h3,10,15H,1-2H2,(H2,16,17,18)(H2,19,20,21). The quantitative estimate of drug-likeness (QED) is 0.228. The fourth-order valence-corrected chi connectivity index (χ4v) is 4.81. The highest BCUT2D eigenvalue weighted by Crippen LogP contribution is 2.58. The number of fused-ring (bicyclic) bond motifs is 1. The number of halogens is 4. The Hall–Kier alpha value is -0.800. The Bertz CT molecular complexity index is 689. The average Bonchev–Trinajstić information content (AvgIpc) is 2.82. The summed E-state index contributed by atoms with van der Waals surface area (Å²) in [7, 11) is -10.6. The van der Waals surface area contributed by atoms with E-state index < -0.39 is 74.0 Å². The maximum atomic E-state index is 13.6. The van der Waals surface area contributed by atoms with Crippen molar-refractivity contribution in [1.29, 1.82) is 0 Å². The fraction of sp³-hybridized carbons (Fsp3) is 0.400. The highest BCUT2D eigenvalue weighted by atomic mass is 31.2. The molecule has 7 nitrogen and oxygen atoms in total. The summed E-state index contributed by atoms with van der Waals surface area (Å²) in [4.78, 5) is 35.9. The molecule has 1 aliphatic rings. The first-order valence-corrected chi connectivity index (χ1v) is 9.40. The number of rotatable bonds is 4. The van der Waals surface area contributed by atoms with Gasteiger partial charge in [0.2, 0.25) is 5.52 Å². The van der Waals surface area contributed by atoms with Gasteiger partial charge in [-0.15, -0.1) is 0 Å². The molecule has 1 aliphatic carbocycles. The Morgan fingerprint density at radius 2 is 1.17 bits per heavy atom. The van der Waals surface area contributed by atoms with E-state index in [4.69, 9.17) is 19.6 Å². The average molecular weight is 379 g/mol. The van der Waals surface area contributed by atoms with Gasteiger partial charge in [0.25, 0.3) is 0 Å². The maximum absolute atomic E-state index is 13.6. The van der Waals surface area contributed by atoms with Crippen molar-refractivity contribution < 1.29 is 46.3 Å². The van der Waals surface area contributed by atoms with Crippen LogP contribution in [0.3, 0.4) is 0 Å². The minimum absolute atomic E-state index is 0.522. The zero-order valence-corrected chi connectivity index (χ0v) is 12.9. The minimum atomic E-state index is -5.30. The molecule has 5 N–H and O–H groups in total. The van der Waals surface area contributed by atoms with Crippen LogP contribution in [0.25, 0.3) is 0 Å². The van der Waals surface area contributed by atoms with Crippen LogP contribution in [0, 0.1) is 23.3 Å². The number of nitrogens with one attached hydrogen (secondary N) is 1. The zero-order valence-electron chi connectivity index (χ0n) is 11.1. The normalized spacial score (nSPS) is 16.2. The SMILES string of the molecule is O=P(O)(O)C(NC1Cc2c(F)c(F)c(F)c(F)c2C1)P(=O)(O)O. The lowest BCUT2D eigenvalue weighted by atomic mass is 10.1. The Morgan fingerprint density at radius 3 is 1.48 bits per heavy atom.